The number of allylic oxidation sites excluding steroid dienone is 2. The van der Waals surface area contributed by atoms with Gasteiger partial charge in [0.05, 0.1) is 5.69 Å². The standard InChI is InChI=1S/C16H15N/c1-3-4-9-14-13(2)8-7-10-15(14)16-11-5-6-12-17-16/h3-12H,1H2,2H3/b9-4-. The van der Waals surface area contributed by atoms with Gasteiger partial charge in [-0.3, -0.25) is 4.98 Å². The van der Waals surface area contributed by atoms with Crippen molar-refractivity contribution in [3.63, 3.8) is 0 Å². The summed E-state index contributed by atoms with van der Waals surface area (Å²) in [6.07, 6.45) is 7.63. The van der Waals surface area contributed by atoms with Crippen LogP contribution in [0.4, 0.5) is 0 Å². The van der Waals surface area contributed by atoms with Gasteiger partial charge in [0.2, 0.25) is 0 Å². The van der Waals surface area contributed by atoms with Crippen LogP contribution >= 0.6 is 0 Å². The van der Waals surface area contributed by atoms with Gasteiger partial charge in [-0.25, -0.2) is 0 Å². The quantitative estimate of drug-likeness (QED) is 0.706. The van der Waals surface area contributed by atoms with Crippen LogP contribution in [0.5, 0.6) is 0 Å². The van der Waals surface area contributed by atoms with Crippen LogP contribution in [0.1, 0.15) is 11.1 Å². The SMILES string of the molecule is C=C/C=C\c1c(C)cccc1-c1ccccn1. The van der Waals surface area contributed by atoms with E-state index in [0.717, 1.165) is 11.3 Å². The lowest BCUT2D eigenvalue weighted by molar-refractivity contribution is 1.31. The number of aromatic nitrogens is 1. The molecular formula is C16H15N. The summed E-state index contributed by atoms with van der Waals surface area (Å²) in [6, 6.07) is 12.2. The van der Waals surface area contributed by atoms with Gasteiger partial charge in [-0.2, -0.15) is 0 Å². The molecule has 0 bridgehead atoms. The highest BCUT2D eigenvalue weighted by molar-refractivity contribution is 5.75. The molecule has 0 fully saturated rings. The molecule has 0 N–H and O–H groups in total. The third-order valence-electron chi connectivity index (χ3n) is 2.66. The second kappa shape index (κ2) is 5.26. The molecule has 1 aromatic heterocycles. The minimum Gasteiger partial charge on any atom is -0.256 e. The molecule has 0 aliphatic carbocycles. The van der Waals surface area contributed by atoms with Crippen molar-refractivity contribution in [1.82, 2.24) is 4.98 Å². The summed E-state index contributed by atoms with van der Waals surface area (Å²) in [7, 11) is 0. The van der Waals surface area contributed by atoms with Gasteiger partial charge in [0.15, 0.2) is 0 Å². The van der Waals surface area contributed by atoms with Crippen LogP contribution in [0.3, 0.4) is 0 Å². The third kappa shape index (κ3) is 2.51. The number of aryl methyl sites for hydroxylation is 1. The van der Waals surface area contributed by atoms with Gasteiger partial charge in [-0.15, -0.1) is 0 Å². The van der Waals surface area contributed by atoms with Crippen LogP contribution in [0.25, 0.3) is 17.3 Å². The Bertz CT molecular complexity index is 539. The molecule has 0 saturated heterocycles. The van der Waals surface area contributed by atoms with E-state index in [2.05, 4.69) is 42.8 Å². The van der Waals surface area contributed by atoms with E-state index in [-0.39, 0.29) is 0 Å². The molecule has 1 heteroatoms. The Labute approximate surface area is 102 Å². The lowest BCUT2D eigenvalue weighted by Crippen LogP contribution is -1.89. The maximum atomic E-state index is 4.40. The summed E-state index contributed by atoms with van der Waals surface area (Å²) in [5.41, 5.74) is 4.60. The molecule has 0 amide bonds. The fourth-order valence-corrected chi connectivity index (χ4v) is 1.81. The molecule has 0 aliphatic rings. The smallest absolute Gasteiger partial charge is 0.0708 e. The molecule has 1 nitrogen and oxygen atoms in total. The Kier molecular flexibility index (Phi) is 3.51. The normalized spacial score (nSPS) is 10.6. The largest absolute Gasteiger partial charge is 0.256 e. The van der Waals surface area contributed by atoms with Crippen LogP contribution < -0.4 is 0 Å². The summed E-state index contributed by atoms with van der Waals surface area (Å²) >= 11 is 0. The maximum absolute atomic E-state index is 4.40. The van der Waals surface area contributed by atoms with Gasteiger partial charge in [-0.1, -0.05) is 49.1 Å². The number of hydrogen-bond donors (Lipinski definition) is 0. The zero-order valence-corrected chi connectivity index (χ0v) is 9.93. The number of rotatable bonds is 3. The topological polar surface area (TPSA) is 12.9 Å². The second-order valence-corrected chi connectivity index (χ2v) is 3.85. The average Bonchev–Trinajstić information content (AvgIpc) is 2.38. The van der Waals surface area contributed by atoms with Crippen molar-refractivity contribution in [1.29, 1.82) is 0 Å². The first-order chi connectivity index (χ1) is 8.33. The first-order valence-corrected chi connectivity index (χ1v) is 5.63. The molecule has 2 aromatic rings. The number of pyridine rings is 1. The van der Waals surface area contributed by atoms with Crippen molar-refractivity contribution >= 4 is 6.08 Å². The van der Waals surface area contributed by atoms with Crippen molar-refractivity contribution in [2.75, 3.05) is 0 Å². The third-order valence-corrected chi connectivity index (χ3v) is 2.66. The molecular weight excluding hydrogens is 206 g/mol. The predicted molar refractivity (Wildman–Crippen MR) is 73.6 cm³/mol. The highest BCUT2D eigenvalue weighted by atomic mass is 14.7. The van der Waals surface area contributed by atoms with Crippen LogP contribution in [-0.4, -0.2) is 4.98 Å². The van der Waals surface area contributed by atoms with E-state index in [0.29, 0.717) is 0 Å². The summed E-state index contributed by atoms with van der Waals surface area (Å²) in [4.78, 5) is 4.40. The Balaban J connectivity index is 2.58. The average molecular weight is 221 g/mol. The van der Waals surface area contributed by atoms with Crippen molar-refractivity contribution < 1.29 is 0 Å². The van der Waals surface area contributed by atoms with Gasteiger partial charge >= 0.3 is 0 Å². The summed E-state index contributed by atoms with van der Waals surface area (Å²) < 4.78 is 0. The Morgan fingerprint density at radius 3 is 2.71 bits per heavy atom. The lowest BCUT2D eigenvalue weighted by Gasteiger charge is -2.08. The molecule has 1 heterocycles. The van der Waals surface area contributed by atoms with Gasteiger partial charge in [0.25, 0.3) is 0 Å². The van der Waals surface area contributed by atoms with Crippen molar-refractivity contribution in [3.05, 3.63) is 72.5 Å². The van der Waals surface area contributed by atoms with E-state index in [1.165, 1.54) is 11.1 Å². The summed E-state index contributed by atoms with van der Waals surface area (Å²) in [6.45, 7) is 5.81. The highest BCUT2D eigenvalue weighted by Gasteiger charge is 2.05. The lowest BCUT2D eigenvalue weighted by atomic mass is 9.98. The molecule has 84 valence electrons. The zero-order chi connectivity index (χ0) is 12.1. The van der Waals surface area contributed by atoms with Crippen LogP contribution in [0, 0.1) is 6.92 Å². The monoisotopic (exact) mass is 221 g/mol. The van der Waals surface area contributed by atoms with Gasteiger partial charge < -0.3 is 0 Å². The van der Waals surface area contributed by atoms with Crippen molar-refractivity contribution in [2.45, 2.75) is 6.92 Å². The van der Waals surface area contributed by atoms with Crippen molar-refractivity contribution in [3.8, 4) is 11.3 Å². The van der Waals surface area contributed by atoms with Crippen LogP contribution in [0.15, 0.2) is 61.3 Å². The number of hydrogen-bond acceptors (Lipinski definition) is 1. The van der Waals surface area contributed by atoms with E-state index in [1.54, 1.807) is 6.08 Å². The molecule has 0 spiro atoms. The number of nitrogens with zero attached hydrogens (tertiary/aromatic N) is 1. The molecule has 0 aliphatic heterocycles. The van der Waals surface area contributed by atoms with E-state index in [1.807, 2.05) is 30.5 Å². The van der Waals surface area contributed by atoms with Crippen LogP contribution in [0.2, 0.25) is 0 Å². The first-order valence-electron chi connectivity index (χ1n) is 5.63. The highest BCUT2D eigenvalue weighted by Crippen LogP contribution is 2.25. The first kappa shape index (κ1) is 11.3. The molecule has 17 heavy (non-hydrogen) atoms. The summed E-state index contributed by atoms with van der Waals surface area (Å²) in [5, 5.41) is 0. The number of benzene rings is 1. The second-order valence-electron chi connectivity index (χ2n) is 3.85. The molecule has 0 atom stereocenters. The fourth-order valence-electron chi connectivity index (χ4n) is 1.81. The zero-order valence-electron chi connectivity index (χ0n) is 9.93. The molecule has 0 saturated carbocycles. The molecule has 1 aromatic carbocycles. The van der Waals surface area contributed by atoms with E-state index in [4.69, 9.17) is 0 Å². The summed E-state index contributed by atoms with van der Waals surface area (Å²) in [5.74, 6) is 0. The fraction of sp³-hybridized carbons (Fsp3) is 0.0625. The van der Waals surface area contributed by atoms with E-state index in [9.17, 15) is 0 Å². The molecule has 0 radical (unpaired) electrons. The van der Waals surface area contributed by atoms with Gasteiger partial charge in [0, 0.05) is 11.8 Å². The van der Waals surface area contributed by atoms with E-state index < -0.39 is 0 Å². The van der Waals surface area contributed by atoms with Crippen molar-refractivity contribution in [2.24, 2.45) is 0 Å². The minimum absolute atomic E-state index is 1.000. The van der Waals surface area contributed by atoms with Crippen LogP contribution in [-0.2, 0) is 0 Å². The molecule has 0 unspecified atom stereocenters. The van der Waals surface area contributed by atoms with E-state index >= 15 is 0 Å². The Morgan fingerprint density at radius 1 is 1.12 bits per heavy atom. The Morgan fingerprint density at radius 2 is 2.00 bits per heavy atom. The minimum atomic E-state index is 1.000. The van der Waals surface area contributed by atoms with Gasteiger partial charge in [-0.05, 0) is 30.2 Å². The maximum Gasteiger partial charge on any atom is 0.0708 e. The predicted octanol–water partition coefficient (Wildman–Crippen LogP) is 4.26. The Hall–Kier alpha value is -2.15. The van der Waals surface area contributed by atoms with Gasteiger partial charge in [0.1, 0.15) is 0 Å². The molecule has 2 rings (SSSR count).